The minimum atomic E-state index is 0.787. The van der Waals surface area contributed by atoms with Crippen LogP contribution in [0.3, 0.4) is 0 Å². The third kappa shape index (κ3) is 1.97. The number of hydrogen-bond acceptors (Lipinski definition) is 3. The zero-order valence-corrected chi connectivity index (χ0v) is 8.61. The highest BCUT2D eigenvalue weighted by Crippen LogP contribution is 2.31. The molecule has 1 saturated carbocycles. The molecular weight excluding hydrogens is 174 g/mol. The molecule has 0 saturated heterocycles. The van der Waals surface area contributed by atoms with Crippen molar-refractivity contribution < 1.29 is 0 Å². The Labute approximate surface area is 84.9 Å². The predicted molar refractivity (Wildman–Crippen MR) is 59.3 cm³/mol. The molecule has 0 atom stereocenters. The molecule has 1 heterocycles. The van der Waals surface area contributed by atoms with Gasteiger partial charge in [-0.3, -0.25) is 0 Å². The van der Waals surface area contributed by atoms with Gasteiger partial charge < -0.3 is 10.6 Å². The molecule has 1 aromatic rings. The van der Waals surface area contributed by atoms with Crippen molar-refractivity contribution >= 4 is 11.5 Å². The molecule has 14 heavy (non-hydrogen) atoms. The van der Waals surface area contributed by atoms with Crippen LogP contribution in [0.2, 0.25) is 0 Å². The molecule has 3 nitrogen and oxygen atoms in total. The van der Waals surface area contributed by atoms with Crippen molar-refractivity contribution in [3.63, 3.8) is 0 Å². The third-order valence-corrected chi connectivity index (χ3v) is 2.67. The third-order valence-electron chi connectivity index (χ3n) is 2.67. The standard InChI is InChI=1S/C11H17N3/c1-2-14(8-9-5-6-9)11-10(12)4-3-7-13-11/h3-4,7,9H,2,5-6,8,12H2,1H3. The summed E-state index contributed by atoms with van der Waals surface area (Å²) in [7, 11) is 0. The van der Waals surface area contributed by atoms with Gasteiger partial charge in [0.2, 0.25) is 0 Å². The van der Waals surface area contributed by atoms with Crippen molar-refractivity contribution in [2.75, 3.05) is 23.7 Å². The molecule has 0 radical (unpaired) electrons. The van der Waals surface area contributed by atoms with Crippen LogP contribution < -0.4 is 10.6 Å². The van der Waals surface area contributed by atoms with Crippen LogP contribution in [-0.2, 0) is 0 Å². The van der Waals surface area contributed by atoms with Crippen LogP contribution in [0.4, 0.5) is 11.5 Å². The Morgan fingerprint density at radius 1 is 1.57 bits per heavy atom. The zero-order chi connectivity index (χ0) is 9.97. The first-order valence-corrected chi connectivity index (χ1v) is 5.26. The lowest BCUT2D eigenvalue weighted by atomic mass is 10.3. The van der Waals surface area contributed by atoms with E-state index in [4.69, 9.17) is 5.73 Å². The summed E-state index contributed by atoms with van der Waals surface area (Å²) in [5.41, 5.74) is 6.68. The maximum absolute atomic E-state index is 5.89. The molecule has 2 rings (SSSR count). The summed E-state index contributed by atoms with van der Waals surface area (Å²) < 4.78 is 0. The highest BCUT2D eigenvalue weighted by molar-refractivity contribution is 5.62. The molecule has 1 aliphatic rings. The zero-order valence-electron chi connectivity index (χ0n) is 8.61. The fourth-order valence-corrected chi connectivity index (χ4v) is 1.65. The maximum atomic E-state index is 5.89. The number of aromatic nitrogens is 1. The Morgan fingerprint density at radius 3 is 2.93 bits per heavy atom. The van der Waals surface area contributed by atoms with Crippen LogP contribution in [0, 0.1) is 5.92 Å². The molecular formula is C11H17N3. The molecule has 0 bridgehead atoms. The fraction of sp³-hybridized carbons (Fsp3) is 0.545. The molecule has 1 fully saturated rings. The van der Waals surface area contributed by atoms with Gasteiger partial charge in [0.05, 0.1) is 5.69 Å². The first-order chi connectivity index (χ1) is 6.81. The summed E-state index contributed by atoms with van der Waals surface area (Å²) in [6.07, 6.45) is 4.54. The van der Waals surface area contributed by atoms with Crippen molar-refractivity contribution in [1.82, 2.24) is 4.98 Å². The molecule has 0 amide bonds. The molecule has 76 valence electrons. The Balaban J connectivity index is 2.12. The van der Waals surface area contributed by atoms with Crippen LogP contribution in [0.5, 0.6) is 0 Å². The van der Waals surface area contributed by atoms with Gasteiger partial charge in [-0.05, 0) is 37.8 Å². The van der Waals surface area contributed by atoms with Crippen molar-refractivity contribution in [2.45, 2.75) is 19.8 Å². The van der Waals surface area contributed by atoms with Gasteiger partial charge in [0.25, 0.3) is 0 Å². The van der Waals surface area contributed by atoms with E-state index < -0.39 is 0 Å². The summed E-state index contributed by atoms with van der Waals surface area (Å²) in [4.78, 5) is 6.60. The molecule has 1 aliphatic carbocycles. The number of anilines is 2. The lowest BCUT2D eigenvalue weighted by Crippen LogP contribution is -2.26. The van der Waals surface area contributed by atoms with Crippen LogP contribution in [0.1, 0.15) is 19.8 Å². The van der Waals surface area contributed by atoms with E-state index in [0.29, 0.717) is 0 Å². The highest BCUT2D eigenvalue weighted by Gasteiger charge is 2.24. The lowest BCUT2D eigenvalue weighted by Gasteiger charge is -2.22. The van der Waals surface area contributed by atoms with Gasteiger partial charge in [0.1, 0.15) is 0 Å². The SMILES string of the molecule is CCN(CC1CC1)c1ncccc1N. The summed E-state index contributed by atoms with van der Waals surface area (Å²) in [5, 5.41) is 0. The minimum Gasteiger partial charge on any atom is -0.396 e. The van der Waals surface area contributed by atoms with Crippen molar-refractivity contribution in [3.8, 4) is 0 Å². The number of hydrogen-bond donors (Lipinski definition) is 1. The summed E-state index contributed by atoms with van der Waals surface area (Å²) >= 11 is 0. The number of nitrogens with two attached hydrogens (primary N) is 1. The van der Waals surface area contributed by atoms with Gasteiger partial charge in [-0.25, -0.2) is 4.98 Å². The Bertz CT molecular complexity index is 307. The summed E-state index contributed by atoms with van der Waals surface area (Å²) in [6.45, 7) is 4.24. The fourth-order valence-electron chi connectivity index (χ4n) is 1.65. The second-order valence-corrected chi connectivity index (χ2v) is 3.90. The van der Waals surface area contributed by atoms with E-state index in [9.17, 15) is 0 Å². The average molecular weight is 191 g/mol. The van der Waals surface area contributed by atoms with Gasteiger partial charge in [0.15, 0.2) is 5.82 Å². The van der Waals surface area contributed by atoms with E-state index in [-0.39, 0.29) is 0 Å². The smallest absolute Gasteiger partial charge is 0.151 e. The van der Waals surface area contributed by atoms with Crippen molar-refractivity contribution in [1.29, 1.82) is 0 Å². The molecule has 0 unspecified atom stereocenters. The highest BCUT2D eigenvalue weighted by atomic mass is 15.2. The monoisotopic (exact) mass is 191 g/mol. The van der Waals surface area contributed by atoms with Crippen LogP contribution in [-0.4, -0.2) is 18.1 Å². The van der Waals surface area contributed by atoms with Crippen LogP contribution >= 0.6 is 0 Å². The van der Waals surface area contributed by atoms with E-state index >= 15 is 0 Å². The topological polar surface area (TPSA) is 42.2 Å². The van der Waals surface area contributed by atoms with E-state index in [1.54, 1.807) is 6.20 Å². The molecule has 1 aromatic heterocycles. The van der Waals surface area contributed by atoms with Gasteiger partial charge >= 0.3 is 0 Å². The predicted octanol–water partition coefficient (Wildman–Crippen LogP) is 1.90. The normalized spacial score (nSPS) is 15.5. The Morgan fingerprint density at radius 2 is 2.36 bits per heavy atom. The number of nitrogen functional groups attached to an aromatic ring is 1. The van der Waals surface area contributed by atoms with Gasteiger partial charge in [-0.15, -0.1) is 0 Å². The molecule has 2 N–H and O–H groups in total. The minimum absolute atomic E-state index is 0.787. The molecule has 3 heteroatoms. The molecule has 0 spiro atoms. The number of pyridine rings is 1. The second kappa shape index (κ2) is 3.86. The average Bonchev–Trinajstić information content (AvgIpc) is 2.99. The van der Waals surface area contributed by atoms with Gasteiger partial charge in [0, 0.05) is 19.3 Å². The van der Waals surface area contributed by atoms with E-state index in [1.165, 1.54) is 12.8 Å². The summed E-state index contributed by atoms with van der Waals surface area (Å²) in [6, 6.07) is 3.79. The van der Waals surface area contributed by atoms with E-state index in [1.807, 2.05) is 12.1 Å². The summed E-state index contributed by atoms with van der Waals surface area (Å²) in [5.74, 6) is 1.82. The quantitative estimate of drug-likeness (QED) is 0.790. The van der Waals surface area contributed by atoms with E-state index in [0.717, 1.165) is 30.5 Å². The van der Waals surface area contributed by atoms with Crippen LogP contribution in [0.15, 0.2) is 18.3 Å². The maximum Gasteiger partial charge on any atom is 0.151 e. The van der Waals surface area contributed by atoms with Gasteiger partial charge in [-0.1, -0.05) is 0 Å². The van der Waals surface area contributed by atoms with Crippen molar-refractivity contribution in [3.05, 3.63) is 18.3 Å². The Hall–Kier alpha value is -1.25. The number of rotatable bonds is 4. The first kappa shape index (κ1) is 9.31. The number of nitrogens with zero attached hydrogens (tertiary/aromatic N) is 2. The Kier molecular flexibility index (Phi) is 2.57. The first-order valence-electron chi connectivity index (χ1n) is 5.26. The lowest BCUT2D eigenvalue weighted by molar-refractivity contribution is 0.733. The van der Waals surface area contributed by atoms with Gasteiger partial charge in [-0.2, -0.15) is 0 Å². The molecule has 0 aromatic carbocycles. The second-order valence-electron chi connectivity index (χ2n) is 3.90. The van der Waals surface area contributed by atoms with Crippen LogP contribution in [0.25, 0.3) is 0 Å². The molecule has 0 aliphatic heterocycles. The largest absolute Gasteiger partial charge is 0.396 e. The van der Waals surface area contributed by atoms with Crippen molar-refractivity contribution in [2.24, 2.45) is 5.92 Å². The van der Waals surface area contributed by atoms with E-state index in [2.05, 4.69) is 16.8 Å².